The van der Waals surface area contributed by atoms with E-state index in [-0.39, 0.29) is 6.04 Å². The second kappa shape index (κ2) is 5.49. The summed E-state index contributed by atoms with van der Waals surface area (Å²) in [5.41, 5.74) is 3.32. The first-order valence-electron chi connectivity index (χ1n) is 7.32. The predicted octanol–water partition coefficient (Wildman–Crippen LogP) is 6.47. The van der Waals surface area contributed by atoms with Crippen LogP contribution in [0.4, 0.5) is 5.69 Å². The molecule has 1 heterocycles. The zero-order valence-electron chi connectivity index (χ0n) is 11.7. The van der Waals surface area contributed by atoms with Gasteiger partial charge in [0.05, 0.1) is 26.8 Å². The molecule has 4 heteroatoms. The van der Waals surface area contributed by atoms with Crippen molar-refractivity contribution in [1.82, 2.24) is 0 Å². The highest BCUT2D eigenvalue weighted by atomic mass is 35.5. The van der Waals surface area contributed by atoms with Gasteiger partial charge in [0.25, 0.3) is 0 Å². The lowest BCUT2D eigenvalue weighted by Gasteiger charge is -2.38. The van der Waals surface area contributed by atoms with Crippen LogP contribution in [0.5, 0.6) is 0 Å². The molecule has 1 aliphatic carbocycles. The van der Waals surface area contributed by atoms with Gasteiger partial charge in [-0.15, -0.1) is 0 Å². The van der Waals surface area contributed by atoms with E-state index in [0.717, 1.165) is 22.7 Å². The topological polar surface area (TPSA) is 12.0 Å². The highest BCUT2D eigenvalue weighted by molar-refractivity contribution is 6.42. The monoisotopic (exact) mass is 349 g/mol. The summed E-state index contributed by atoms with van der Waals surface area (Å²) in [6, 6.07) is 12.0. The minimum absolute atomic E-state index is 0.110. The first kappa shape index (κ1) is 14.4. The summed E-state index contributed by atoms with van der Waals surface area (Å²) >= 11 is 19.1. The molecule has 112 valence electrons. The van der Waals surface area contributed by atoms with Crippen molar-refractivity contribution < 1.29 is 0 Å². The van der Waals surface area contributed by atoms with Gasteiger partial charge in [0.15, 0.2) is 0 Å². The van der Waals surface area contributed by atoms with E-state index in [0.29, 0.717) is 21.9 Å². The lowest BCUT2D eigenvalue weighted by Crippen LogP contribution is -2.29. The Hall–Kier alpha value is -1.15. The highest BCUT2D eigenvalue weighted by Crippen LogP contribution is 2.52. The van der Waals surface area contributed by atoms with E-state index in [1.807, 2.05) is 30.3 Å². The van der Waals surface area contributed by atoms with E-state index in [1.54, 1.807) is 0 Å². The molecule has 2 aromatic rings. The number of hydrogen-bond donors (Lipinski definition) is 1. The summed E-state index contributed by atoms with van der Waals surface area (Å²) in [6.45, 7) is 0. The minimum Gasteiger partial charge on any atom is -0.376 e. The van der Waals surface area contributed by atoms with Crippen molar-refractivity contribution in [3.05, 3.63) is 74.7 Å². The van der Waals surface area contributed by atoms with Gasteiger partial charge in [0, 0.05) is 5.92 Å². The summed E-state index contributed by atoms with van der Waals surface area (Å²) in [5.74, 6) is 0.803. The van der Waals surface area contributed by atoms with Crippen LogP contribution in [0.3, 0.4) is 0 Å². The quantitative estimate of drug-likeness (QED) is 0.581. The molecule has 0 amide bonds. The zero-order chi connectivity index (χ0) is 15.3. The molecule has 0 unspecified atom stereocenters. The van der Waals surface area contributed by atoms with E-state index in [2.05, 4.69) is 23.5 Å². The van der Waals surface area contributed by atoms with Crippen LogP contribution in [-0.4, -0.2) is 0 Å². The van der Waals surface area contributed by atoms with E-state index < -0.39 is 0 Å². The highest BCUT2D eigenvalue weighted by Gasteiger charge is 2.39. The average molecular weight is 351 g/mol. The van der Waals surface area contributed by atoms with Crippen LogP contribution < -0.4 is 5.32 Å². The fourth-order valence-electron chi connectivity index (χ4n) is 3.65. The number of hydrogen-bond acceptors (Lipinski definition) is 1. The van der Waals surface area contributed by atoms with E-state index in [4.69, 9.17) is 34.8 Å². The van der Waals surface area contributed by atoms with Gasteiger partial charge >= 0.3 is 0 Å². The Kier molecular flexibility index (Phi) is 3.60. The lowest BCUT2D eigenvalue weighted by atomic mass is 9.77. The molecular formula is C18H14Cl3N. The second-order valence-electron chi connectivity index (χ2n) is 5.82. The van der Waals surface area contributed by atoms with Gasteiger partial charge < -0.3 is 5.32 Å². The summed E-state index contributed by atoms with van der Waals surface area (Å²) in [4.78, 5) is 0. The summed E-state index contributed by atoms with van der Waals surface area (Å²) in [6.07, 6.45) is 5.56. The zero-order valence-corrected chi connectivity index (χ0v) is 14.0. The number of halogens is 3. The van der Waals surface area contributed by atoms with Crippen LogP contribution in [0.1, 0.15) is 29.5 Å². The van der Waals surface area contributed by atoms with Crippen LogP contribution in [0.25, 0.3) is 0 Å². The third-order valence-electron chi connectivity index (χ3n) is 4.66. The van der Waals surface area contributed by atoms with Crippen molar-refractivity contribution in [2.24, 2.45) is 5.92 Å². The number of nitrogens with one attached hydrogen (secondary N) is 1. The first-order chi connectivity index (χ1) is 10.7. The van der Waals surface area contributed by atoms with Crippen molar-refractivity contribution in [2.75, 3.05) is 5.32 Å². The average Bonchev–Trinajstić information content (AvgIpc) is 3.00. The number of anilines is 1. The van der Waals surface area contributed by atoms with Gasteiger partial charge in [-0.05, 0) is 35.6 Å². The number of benzene rings is 2. The van der Waals surface area contributed by atoms with Gasteiger partial charge in [-0.2, -0.15) is 0 Å². The molecule has 0 saturated carbocycles. The Labute approximate surface area is 144 Å². The number of allylic oxidation sites excluding steroid dienone is 2. The maximum atomic E-state index is 6.46. The van der Waals surface area contributed by atoms with Crippen molar-refractivity contribution in [1.29, 1.82) is 0 Å². The first-order valence-corrected chi connectivity index (χ1v) is 8.45. The van der Waals surface area contributed by atoms with E-state index in [1.165, 1.54) is 5.56 Å². The second-order valence-corrected chi connectivity index (χ2v) is 7.01. The largest absolute Gasteiger partial charge is 0.376 e. The maximum Gasteiger partial charge on any atom is 0.0645 e. The Bertz CT molecular complexity index is 769. The fourth-order valence-corrected chi connectivity index (χ4v) is 4.31. The van der Waals surface area contributed by atoms with Crippen LogP contribution in [0.15, 0.2) is 48.6 Å². The molecule has 0 saturated heterocycles. The predicted molar refractivity (Wildman–Crippen MR) is 94.3 cm³/mol. The smallest absolute Gasteiger partial charge is 0.0645 e. The Morgan fingerprint density at radius 1 is 0.909 bits per heavy atom. The molecule has 2 aliphatic rings. The minimum atomic E-state index is 0.110. The molecule has 2 aromatic carbocycles. The Balaban J connectivity index is 1.86. The summed E-state index contributed by atoms with van der Waals surface area (Å²) < 4.78 is 0. The van der Waals surface area contributed by atoms with Gasteiger partial charge in [-0.3, -0.25) is 0 Å². The molecule has 4 rings (SSSR count). The van der Waals surface area contributed by atoms with E-state index in [9.17, 15) is 0 Å². The van der Waals surface area contributed by atoms with E-state index >= 15 is 0 Å². The lowest BCUT2D eigenvalue weighted by molar-refractivity contribution is 0.426. The molecular weight excluding hydrogens is 337 g/mol. The van der Waals surface area contributed by atoms with Crippen molar-refractivity contribution in [3.63, 3.8) is 0 Å². The van der Waals surface area contributed by atoms with Crippen molar-refractivity contribution in [2.45, 2.75) is 18.4 Å². The Morgan fingerprint density at radius 3 is 2.45 bits per heavy atom. The molecule has 22 heavy (non-hydrogen) atoms. The normalized spacial score (nSPS) is 25.5. The van der Waals surface area contributed by atoms with Crippen LogP contribution >= 0.6 is 34.8 Å². The Morgan fingerprint density at radius 2 is 1.64 bits per heavy atom. The molecule has 1 N–H and O–H groups in total. The van der Waals surface area contributed by atoms with Crippen LogP contribution in [-0.2, 0) is 0 Å². The van der Waals surface area contributed by atoms with Crippen molar-refractivity contribution in [3.8, 4) is 0 Å². The number of fused-ring (bicyclic) bond motifs is 3. The van der Waals surface area contributed by atoms with Gasteiger partial charge in [-0.25, -0.2) is 0 Å². The molecule has 3 atom stereocenters. The third kappa shape index (κ3) is 2.15. The number of para-hydroxylation sites is 1. The number of rotatable bonds is 1. The third-order valence-corrected chi connectivity index (χ3v) is 5.81. The molecule has 0 fully saturated rings. The van der Waals surface area contributed by atoms with Gasteiger partial charge in [-0.1, -0.05) is 71.2 Å². The molecule has 0 radical (unpaired) electrons. The molecule has 1 nitrogen and oxygen atoms in total. The van der Waals surface area contributed by atoms with Crippen LogP contribution in [0, 0.1) is 5.92 Å². The molecule has 1 aliphatic heterocycles. The SMILES string of the molecule is Clc1cccc([C@@H]2Nc3c(Cl)cccc3[C@H]3C=CC[C@H]32)c1Cl. The molecule has 0 aromatic heterocycles. The molecule has 0 bridgehead atoms. The van der Waals surface area contributed by atoms with Crippen molar-refractivity contribution >= 4 is 40.5 Å². The summed E-state index contributed by atoms with van der Waals surface area (Å²) in [5, 5.41) is 5.57. The van der Waals surface area contributed by atoms with Gasteiger partial charge in [0.1, 0.15) is 0 Å². The molecule has 0 spiro atoms. The summed E-state index contributed by atoms with van der Waals surface area (Å²) in [7, 11) is 0. The fraction of sp³-hybridized carbons (Fsp3) is 0.222. The van der Waals surface area contributed by atoms with Gasteiger partial charge in [0.2, 0.25) is 0 Å². The maximum absolute atomic E-state index is 6.46. The van der Waals surface area contributed by atoms with Crippen LogP contribution in [0.2, 0.25) is 15.1 Å². The standard InChI is InChI=1S/C18H14Cl3N/c19-14-8-3-7-13(16(14)21)17-11-5-1-4-10(11)12-6-2-9-15(20)18(12)22-17/h1-4,6-11,17,22H,5H2/t10-,11+,17+/m0/s1.